The van der Waals surface area contributed by atoms with Crippen LogP contribution in [0.2, 0.25) is 0 Å². The summed E-state index contributed by atoms with van der Waals surface area (Å²) >= 11 is 0. The van der Waals surface area contributed by atoms with Gasteiger partial charge in [0.25, 0.3) is 0 Å². The van der Waals surface area contributed by atoms with Gasteiger partial charge in [-0.25, -0.2) is 0 Å². The van der Waals surface area contributed by atoms with E-state index in [1.807, 2.05) is 0 Å². The summed E-state index contributed by atoms with van der Waals surface area (Å²) in [6, 6.07) is 0. The molecule has 3 nitrogen and oxygen atoms in total. The van der Waals surface area contributed by atoms with Gasteiger partial charge in [0.05, 0.1) is 0 Å². The molecule has 1 N–H and O–H groups in total. The van der Waals surface area contributed by atoms with E-state index in [0.29, 0.717) is 30.5 Å². The van der Waals surface area contributed by atoms with E-state index in [4.69, 9.17) is 0 Å². The van der Waals surface area contributed by atoms with Crippen molar-refractivity contribution in [2.24, 2.45) is 10.8 Å². The minimum atomic E-state index is 0.130. The number of amides is 1. The van der Waals surface area contributed by atoms with E-state index in [0.717, 1.165) is 37.3 Å². The van der Waals surface area contributed by atoms with E-state index in [9.17, 15) is 9.59 Å². The summed E-state index contributed by atoms with van der Waals surface area (Å²) in [5, 5.41) is 2.97. The van der Waals surface area contributed by atoms with Crippen molar-refractivity contribution in [1.29, 1.82) is 0 Å². The predicted octanol–water partition coefficient (Wildman–Crippen LogP) is 5.49. The lowest BCUT2D eigenvalue weighted by Crippen LogP contribution is -2.27. The van der Waals surface area contributed by atoms with Gasteiger partial charge in [-0.2, -0.15) is 0 Å². The van der Waals surface area contributed by atoms with Gasteiger partial charge < -0.3 is 5.32 Å². The molecule has 0 saturated heterocycles. The summed E-state index contributed by atoms with van der Waals surface area (Å²) in [7, 11) is 3.40. The van der Waals surface area contributed by atoms with Gasteiger partial charge in [-0.05, 0) is 30.1 Å². The normalized spacial score (nSPS) is 12.2. The third kappa shape index (κ3) is 18.2. The molecule has 0 aliphatic carbocycles. The molecule has 0 fully saturated rings. The fraction of sp³-hybridized carbons (Fsp3) is 0.895. The van der Waals surface area contributed by atoms with E-state index < -0.39 is 0 Å². The lowest BCUT2D eigenvalue weighted by atomic mass is 9.89. The second-order valence-corrected chi connectivity index (χ2v) is 11.5. The number of ketones is 1. The molecule has 142 valence electrons. The Labute approximate surface area is 157 Å². The third-order valence-corrected chi connectivity index (χ3v) is 5.95. The highest BCUT2D eigenvalue weighted by Crippen LogP contribution is 2.24. The van der Waals surface area contributed by atoms with Gasteiger partial charge in [-0.1, -0.05) is 63.1 Å². The molecule has 0 unspecified atom stereocenters. The monoisotopic (exact) mass is 375 g/mol. The third-order valence-electron chi connectivity index (χ3n) is 3.54. The smallest absolute Gasteiger partial charge is 0.220 e. The highest BCUT2D eigenvalue weighted by molar-refractivity contribution is 8.76. The fourth-order valence-corrected chi connectivity index (χ4v) is 4.04. The van der Waals surface area contributed by atoms with Crippen LogP contribution in [0.25, 0.3) is 0 Å². The summed E-state index contributed by atoms with van der Waals surface area (Å²) in [6.45, 7) is 13.9. The molecular weight excluding hydrogens is 338 g/mol. The zero-order chi connectivity index (χ0) is 18.6. The number of carbonyl (C=O) groups excluding carboxylic acids is 2. The van der Waals surface area contributed by atoms with Crippen LogP contribution in [0.15, 0.2) is 0 Å². The Morgan fingerprint density at radius 2 is 1.33 bits per heavy atom. The first-order chi connectivity index (χ1) is 11.0. The van der Waals surface area contributed by atoms with Crippen LogP contribution in [0.5, 0.6) is 0 Å². The van der Waals surface area contributed by atoms with Crippen molar-refractivity contribution in [2.45, 2.75) is 80.1 Å². The van der Waals surface area contributed by atoms with Gasteiger partial charge >= 0.3 is 0 Å². The molecule has 0 heterocycles. The molecule has 0 aromatic rings. The predicted molar refractivity (Wildman–Crippen MR) is 110 cm³/mol. The zero-order valence-electron chi connectivity index (χ0n) is 16.5. The summed E-state index contributed by atoms with van der Waals surface area (Å²) in [4.78, 5) is 23.5. The average molecular weight is 376 g/mol. The van der Waals surface area contributed by atoms with Crippen molar-refractivity contribution < 1.29 is 9.59 Å². The van der Waals surface area contributed by atoms with E-state index >= 15 is 0 Å². The van der Waals surface area contributed by atoms with Crippen LogP contribution in [0, 0.1) is 10.8 Å². The molecule has 5 heteroatoms. The molecular formula is C19H37NO2S2. The molecule has 0 bridgehead atoms. The molecule has 0 aromatic heterocycles. The first-order valence-electron chi connectivity index (χ1n) is 9.02. The van der Waals surface area contributed by atoms with Crippen LogP contribution >= 0.6 is 21.6 Å². The molecule has 0 aliphatic rings. The van der Waals surface area contributed by atoms with Gasteiger partial charge in [0.15, 0.2) is 0 Å². The van der Waals surface area contributed by atoms with Crippen molar-refractivity contribution in [3.8, 4) is 0 Å². The number of carbonyl (C=O) groups is 2. The van der Waals surface area contributed by atoms with E-state index in [-0.39, 0.29) is 11.3 Å². The van der Waals surface area contributed by atoms with Gasteiger partial charge in [-0.15, -0.1) is 0 Å². The molecule has 0 aliphatic heterocycles. The number of nitrogens with one attached hydrogen (secondary N) is 1. The largest absolute Gasteiger partial charge is 0.356 e. The van der Waals surface area contributed by atoms with Crippen LogP contribution in [0.3, 0.4) is 0 Å². The first kappa shape index (κ1) is 23.8. The maximum Gasteiger partial charge on any atom is 0.220 e. The molecule has 1 amide bonds. The Morgan fingerprint density at radius 3 is 1.88 bits per heavy atom. The Balaban J connectivity index is 3.47. The van der Waals surface area contributed by atoms with Gasteiger partial charge in [-0.3, -0.25) is 9.59 Å². The highest BCUT2D eigenvalue weighted by atomic mass is 33.1. The van der Waals surface area contributed by atoms with Crippen LogP contribution in [0.4, 0.5) is 0 Å². The van der Waals surface area contributed by atoms with Crippen molar-refractivity contribution >= 4 is 33.3 Å². The molecule has 0 aromatic carbocycles. The maximum absolute atomic E-state index is 11.8. The van der Waals surface area contributed by atoms with E-state index in [2.05, 4.69) is 46.9 Å². The second kappa shape index (κ2) is 12.2. The maximum atomic E-state index is 11.8. The number of rotatable bonds is 12. The molecule has 0 saturated carbocycles. The molecule has 24 heavy (non-hydrogen) atoms. The van der Waals surface area contributed by atoms with Crippen molar-refractivity contribution in [1.82, 2.24) is 5.32 Å². The minimum absolute atomic E-state index is 0.130. The molecule has 0 atom stereocenters. The van der Waals surface area contributed by atoms with Crippen LogP contribution in [0.1, 0.15) is 80.1 Å². The number of hydrogen-bond donors (Lipinski definition) is 1. The second-order valence-electron chi connectivity index (χ2n) is 8.76. The zero-order valence-corrected chi connectivity index (χ0v) is 18.1. The number of Topliss-reactive ketones (excluding diaryl/α,β-unsaturated/α-hetero) is 1. The summed E-state index contributed by atoms with van der Waals surface area (Å²) < 4.78 is 0. The lowest BCUT2D eigenvalue weighted by Gasteiger charge is -2.17. The highest BCUT2D eigenvalue weighted by Gasteiger charge is 2.12. The lowest BCUT2D eigenvalue weighted by molar-refractivity contribution is -0.121. The van der Waals surface area contributed by atoms with Crippen LogP contribution < -0.4 is 5.32 Å². The Hall–Kier alpha value is -0.160. The number of hydrogen-bond acceptors (Lipinski definition) is 4. The van der Waals surface area contributed by atoms with Crippen molar-refractivity contribution in [3.05, 3.63) is 0 Å². The Kier molecular flexibility index (Phi) is 12.2. The van der Waals surface area contributed by atoms with Crippen molar-refractivity contribution in [2.75, 3.05) is 18.1 Å². The van der Waals surface area contributed by atoms with E-state index in [1.54, 1.807) is 21.6 Å². The van der Waals surface area contributed by atoms with Gasteiger partial charge in [0.2, 0.25) is 5.91 Å². The SMILES string of the molecule is CC(C)(C)CCCC(=O)CCSSCCC(=O)NCCC(C)(C)C. The van der Waals surface area contributed by atoms with Gasteiger partial charge in [0, 0.05) is 37.3 Å². The Bertz CT molecular complexity index is 335. The van der Waals surface area contributed by atoms with Crippen LogP contribution in [-0.4, -0.2) is 29.7 Å². The topological polar surface area (TPSA) is 46.2 Å². The average Bonchev–Trinajstić information content (AvgIpc) is 2.39. The summed E-state index contributed by atoms with van der Waals surface area (Å²) in [5.74, 6) is 2.16. The summed E-state index contributed by atoms with van der Waals surface area (Å²) in [6.07, 6.45) is 5.01. The first-order valence-corrected chi connectivity index (χ1v) is 11.5. The van der Waals surface area contributed by atoms with Crippen LogP contribution in [-0.2, 0) is 9.59 Å². The molecule has 0 spiro atoms. The Morgan fingerprint density at radius 1 is 0.792 bits per heavy atom. The quantitative estimate of drug-likeness (QED) is 0.362. The standard InChI is InChI=1S/C19H37NO2S2/c1-18(2,3)11-7-8-16(21)9-14-23-24-15-10-17(22)20-13-12-19(4,5)6/h7-15H2,1-6H3,(H,20,22). The molecule has 0 radical (unpaired) electrons. The fourth-order valence-electron chi connectivity index (χ4n) is 2.01. The minimum Gasteiger partial charge on any atom is -0.356 e. The van der Waals surface area contributed by atoms with E-state index in [1.165, 1.54) is 0 Å². The summed E-state index contributed by atoms with van der Waals surface area (Å²) in [5.41, 5.74) is 0.579. The van der Waals surface area contributed by atoms with Gasteiger partial charge in [0.1, 0.15) is 5.78 Å². The van der Waals surface area contributed by atoms with Crippen molar-refractivity contribution in [3.63, 3.8) is 0 Å². The molecule has 0 rings (SSSR count).